The molecule has 0 unspecified atom stereocenters. The van der Waals surface area contributed by atoms with Crippen molar-refractivity contribution in [2.24, 2.45) is 5.92 Å². The van der Waals surface area contributed by atoms with Crippen LogP contribution in [0.25, 0.3) is 11.0 Å². The number of carbonyl (C=O) groups excluding carboxylic acids is 2. The zero-order chi connectivity index (χ0) is 24.4. The summed E-state index contributed by atoms with van der Waals surface area (Å²) in [6.07, 6.45) is 2.06. The molecule has 2 N–H and O–H groups in total. The molecule has 2 aromatic carbocycles. The molecule has 0 saturated carbocycles. The maximum atomic E-state index is 12.6. The highest BCUT2D eigenvalue weighted by atomic mass is 16.6. The fourth-order valence-corrected chi connectivity index (χ4v) is 4.54. The number of hydrogen-bond donors (Lipinski definition) is 2. The van der Waals surface area contributed by atoms with Gasteiger partial charge in [-0.15, -0.1) is 0 Å². The summed E-state index contributed by atoms with van der Waals surface area (Å²) in [4.78, 5) is 42.9. The van der Waals surface area contributed by atoms with Gasteiger partial charge in [0.15, 0.2) is 0 Å². The largest absolute Gasteiger partial charge is 0.366 e. The van der Waals surface area contributed by atoms with Crippen molar-refractivity contribution in [2.45, 2.75) is 40.2 Å². The number of hydrazine groups is 1. The molecule has 3 aromatic rings. The Morgan fingerprint density at radius 1 is 1.15 bits per heavy atom. The summed E-state index contributed by atoms with van der Waals surface area (Å²) in [6.45, 7) is 8.30. The molecule has 1 aliphatic rings. The van der Waals surface area contributed by atoms with Crippen LogP contribution in [-0.4, -0.2) is 39.4 Å². The van der Waals surface area contributed by atoms with Gasteiger partial charge in [-0.2, -0.15) is 0 Å². The van der Waals surface area contributed by atoms with E-state index in [2.05, 4.69) is 22.8 Å². The highest BCUT2D eigenvalue weighted by Crippen LogP contribution is 2.32. The van der Waals surface area contributed by atoms with Crippen molar-refractivity contribution in [3.8, 4) is 0 Å². The summed E-state index contributed by atoms with van der Waals surface area (Å²) in [5.41, 5.74) is 7.15. The minimum atomic E-state index is -0.637. The highest BCUT2D eigenvalue weighted by molar-refractivity contribution is 6.01. The summed E-state index contributed by atoms with van der Waals surface area (Å²) >= 11 is 0. The molecular weight excluding hydrogens is 436 g/mol. The Balaban J connectivity index is 1.47. The number of aryl methyl sites for hydroxylation is 2. The van der Waals surface area contributed by atoms with Crippen molar-refractivity contribution in [3.63, 3.8) is 0 Å². The third kappa shape index (κ3) is 4.57. The summed E-state index contributed by atoms with van der Waals surface area (Å²) < 4.78 is 2.04. The normalized spacial score (nSPS) is 15.9. The van der Waals surface area contributed by atoms with Crippen LogP contribution in [0.2, 0.25) is 0 Å². The lowest BCUT2D eigenvalue weighted by molar-refractivity contribution is -0.384. The maximum Gasteiger partial charge on any atom is 0.293 e. The molecular formula is C24H28N6O4. The Kier molecular flexibility index (Phi) is 6.49. The molecule has 178 valence electrons. The van der Waals surface area contributed by atoms with Crippen LogP contribution >= 0.6 is 0 Å². The number of nitro benzene ring substituents is 1. The number of piperidine rings is 1. The minimum absolute atomic E-state index is 0.0913. The molecule has 2 amide bonds. The quantitative estimate of drug-likeness (QED) is 0.440. The highest BCUT2D eigenvalue weighted by Gasteiger charge is 2.25. The average molecular weight is 465 g/mol. The van der Waals surface area contributed by atoms with Gasteiger partial charge < -0.3 is 9.47 Å². The molecule has 10 nitrogen and oxygen atoms in total. The van der Waals surface area contributed by atoms with Crippen molar-refractivity contribution >= 4 is 34.2 Å². The predicted octanol–water partition coefficient (Wildman–Crippen LogP) is 3.58. The smallest absolute Gasteiger partial charge is 0.293 e. The van der Waals surface area contributed by atoms with Gasteiger partial charge in [0, 0.05) is 36.8 Å². The Labute approximate surface area is 197 Å². The van der Waals surface area contributed by atoms with E-state index in [-0.39, 0.29) is 11.3 Å². The van der Waals surface area contributed by atoms with Crippen molar-refractivity contribution in [2.75, 3.05) is 18.0 Å². The first-order chi connectivity index (χ1) is 16.3. The minimum Gasteiger partial charge on any atom is -0.366 e. The summed E-state index contributed by atoms with van der Waals surface area (Å²) in [5.74, 6) is 0.160. The maximum absolute atomic E-state index is 12.6. The Bertz CT molecular complexity index is 1270. The van der Waals surface area contributed by atoms with Crippen molar-refractivity contribution in [1.82, 2.24) is 20.4 Å². The van der Waals surface area contributed by atoms with Crippen molar-refractivity contribution in [3.05, 3.63) is 63.5 Å². The van der Waals surface area contributed by atoms with Gasteiger partial charge in [0.1, 0.15) is 11.5 Å². The van der Waals surface area contributed by atoms with E-state index in [1.807, 2.05) is 29.4 Å². The van der Waals surface area contributed by atoms with Crippen LogP contribution in [0, 0.1) is 23.0 Å². The number of benzene rings is 2. The molecule has 34 heavy (non-hydrogen) atoms. The standard InChI is InChI=1S/C24H28N6O4/c1-4-29-16(3)25-19-12-17(7-9-20(19)29)23(31)26-27-24(32)18-8-10-21(22(13-18)30(33)34)28-11-5-6-15(2)14-28/h7-10,12-13,15H,4-6,11,14H2,1-3H3,(H,26,31)(H,27,32)/t15-/m1/s1. The van der Waals surface area contributed by atoms with Crippen LogP contribution in [0.4, 0.5) is 11.4 Å². The van der Waals surface area contributed by atoms with E-state index in [1.165, 1.54) is 12.1 Å². The van der Waals surface area contributed by atoms with Gasteiger partial charge in [0.25, 0.3) is 17.5 Å². The predicted molar refractivity (Wildman–Crippen MR) is 129 cm³/mol. The third-order valence-electron chi connectivity index (χ3n) is 6.24. The van der Waals surface area contributed by atoms with Gasteiger partial charge in [-0.05, 0) is 62.9 Å². The molecule has 1 fully saturated rings. The van der Waals surface area contributed by atoms with Crippen LogP contribution < -0.4 is 15.8 Å². The SMILES string of the molecule is CCn1c(C)nc2cc(C(=O)NNC(=O)c3ccc(N4CCC[C@@H](C)C4)c([N+](=O)[O-])c3)ccc21. The number of anilines is 1. The number of nitrogens with zero attached hydrogens (tertiary/aromatic N) is 4. The average Bonchev–Trinajstić information content (AvgIpc) is 3.15. The van der Waals surface area contributed by atoms with E-state index in [4.69, 9.17) is 0 Å². The van der Waals surface area contributed by atoms with E-state index >= 15 is 0 Å². The number of aromatic nitrogens is 2. The summed E-state index contributed by atoms with van der Waals surface area (Å²) in [7, 11) is 0. The lowest BCUT2D eigenvalue weighted by Gasteiger charge is -2.32. The Hall–Kier alpha value is -3.95. The van der Waals surface area contributed by atoms with Crippen LogP contribution in [0.15, 0.2) is 36.4 Å². The number of imidazole rings is 1. The second-order valence-electron chi connectivity index (χ2n) is 8.67. The molecule has 0 spiro atoms. The van der Waals surface area contributed by atoms with Crippen molar-refractivity contribution in [1.29, 1.82) is 0 Å². The number of hydrogen-bond acceptors (Lipinski definition) is 6. The number of rotatable bonds is 5. The zero-order valence-electron chi connectivity index (χ0n) is 19.5. The number of fused-ring (bicyclic) bond motifs is 1. The molecule has 0 radical (unpaired) electrons. The zero-order valence-corrected chi connectivity index (χ0v) is 19.5. The fourth-order valence-electron chi connectivity index (χ4n) is 4.54. The lowest BCUT2D eigenvalue weighted by Crippen LogP contribution is -2.41. The molecule has 2 heterocycles. The van der Waals surface area contributed by atoms with Gasteiger partial charge in [-0.1, -0.05) is 6.92 Å². The summed E-state index contributed by atoms with van der Waals surface area (Å²) in [5, 5.41) is 11.7. The first-order valence-electron chi connectivity index (χ1n) is 11.4. The lowest BCUT2D eigenvalue weighted by atomic mass is 9.99. The van der Waals surface area contributed by atoms with E-state index in [0.717, 1.165) is 43.8 Å². The Morgan fingerprint density at radius 3 is 2.47 bits per heavy atom. The first kappa shape index (κ1) is 23.2. The van der Waals surface area contributed by atoms with E-state index in [9.17, 15) is 19.7 Å². The fraction of sp³-hybridized carbons (Fsp3) is 0.375. The number of nitro groups is 1. The molecule has 1 aliphatic heterocycles. The van der Waals surface area contributed by atoms with Gasteiger partial charge in [-0.25, -0.2) is 4.98 Å². The molecule has 0 bridgehead atoms. The van der Waals surface area contributed by atoms with Crippen LogP contribution in [0.5, 0.6) is 0 Å². The van der Waals surface area contributed by atoms with E-state index in [1.54, 1.807) is 18.2 Å². The molecule has 1 atom stereocenters. The van der Waals surface area contributed by atoms with Crippen molar-refractivity contribution < 1.29 is 14.5 Å². The number of amides is 2. The molecule has 1 aromatic heterocycles. The van der Waals surface area contributed by atoms with Gasteiger partial charge in [0.05, 0.1) is 16.0 Å². The molecule has 1 saturated heterocycles. The van der Waals surface area contributed by atoms with E-state index in [0.29, 0.717) is 22.7 Å². The molecule has 4 rings (SSSR count). The van der Waals surface area contributed by atoms with Gasteiger partial charge >= 0.3 is 0 Å². The third-order valence-corrected chi connectivity index (χ3v) is 6.24. The second kappa shape index (κ2) is 9.50. The molecule has 0 aliphatic carbocycles. The summed E-state index contributed by atoms with van der Waals surface area (Å²) in [6, 6.07) is 9.54. The number of nitrogens with one attached hydrogen (secondary N) is 2. The van der Waals surface area contributed by atoms with E-state index < -0.39 is 16.7 Å². The van der Waals surface area contributed by atoms with Crippen LogP contribution in [0.1, 0.15) is 53.2 Å². The molecule has 10 heteroatoms. The van der Waals surface area contributed by atoms with Crippen LogP contribution in [-0.2, 0) is 6.54 Å². The first-order valence-corrected chi connectivity index (χ1v) is 11.4. The monoisotopic (exact) mass is 464 g/mol. The topological polar surface area (TPSA) is 122 Å². The second-order valence-corrected chi connectivity index (χ2v) is 8.67. The Morgan fingerprint density at radius 2 is 1.82 bits per heavy atom. The van der Waals surface area contributed by atoms with Gasteiger partial charge in [0.2, 0.25) is 0 Å². The van der Waals surface area contributed by atoms with Gasteiger partial charge in [-0.3, -0.25) is 30.6 Å². The number of carbonyl (C=O) groups is 2. The van der Waals surface area contributed by atoms with Crippen LogP contribution in [0.3, 0.4) is 0 Å².